The number of halogens is 1. The van der Waals surface area contributed by atoms with Crippen molar-refractivity contribution in [1.82, 2.24) is 14.9 Å². The fourth-order valence-corrected chi connectivity index (χ4v) is 5.43. The number of hydrogen-bond donors (Lipinski definition) is 1. The quantitative estimate of drug-likeness (QED) is 0.444. The number of thiophene rings is 2. The second kappa shape index (κ2) is 8.26. The first-order valence-corrected chi connectivity index (χ1v) is 11.5. The molecule has 1 aromatic carbocycles. The minimum absolute atomic E-state index is 0.0985. The summed E-state index contributed by atoms with van der Waals surface area (Å²) in [5.41, 5.74) is 1.64. The predicted molar refractivity (Wildman–Crippen MR) is 121 cm³/mol. The summed E-state index contributed by atoms with van der Waals surface area (Å²) < 4.78 is 6.15. The van der Waals surface area contributed by atoms with E-state index in [2.05, 4.69) is 15.3 Å². The van der Waals surface area contributed by atoms with Crippen LogP contribution in [0.3, 0.4) is 0 Å². The number of amides is 2. The maximum Gasteiger partial charge on any atom is 0.420 e. The van der Waals surface area contributed by atoms with Gasteiger partial charge in [0.15, 0.2) is 5.06 Å². The van der Waals surface area contributed by atoms with Crippen LogP contribution in [0.5, 0.6) is 5.06 Å². The Labute approximate surface area is 190 Å². The van der Waals surface area contributed by atoms with E-state index in [4.69, 9.17) is 16.3 Å². The van der Waals surface area contributed by atoms with Gasteiger partial charge in [0.25, 0.3) is 5.91 Å². The molecule has 31 heavy (non-hydrogen) atoms. The third kappa shape index (κ3) is 3.99. The van der Waals surface area contributed by atoms with Gasteiger partial charge < -0.3 is 9.64 Å². The number of rotatable bonds is 3. The Balaban J connectivity index is 1.29. The zero-order chi connectivity index (χ0) is 21.4. The van der Waals surface area contributed by atoms with Crippen molar-refractivity contribution in [2.75, 3.05) is 11.9 Å². The van der Waals surface area contributed by atoms with Gasteiger partial charge in [0.2, 0.25) is 5.95 Å². The molecule has 0 atom stereocenters. The first kappa shape index (κ1) is 19.9. The van der Waals surface area contributed by atoms with Crippen molar-refractivity contribution in [2.45, 2.75) is 13.0 Å². The van der Waals surface area contributed by atoms with Crippen LogP contribution in [0.25, 0.3) is 10.1 Å². The Morgan fingerprint density at radius 2 is 2.06 bits per heavy atom. The molecule has 4 heterocycles. The molecule has 2 amide bonds. The van der Waals surface area contributed by atoms with E-state index in [1.165, 1.54) is 22.7 Å². The van der Waals surface area contributed by atoms with Crippen LogP contribution in [0.15, 0.2) is 48.0 Å². The largest absolute Gasteiger partial charge is 0.420 e. The number of nitrogens with zero attached hydrogens (tertiary/aromatic N) is 3. The summed E-state index contributed by atoms with van der Waals surface area (Å²) in [5.74, 6) is 0.0752. The van der Waals surface area contributed by atoms with Crippen molar-refractivity contribution in [1.29, 1.82) is 0 Å². The number of hydrogen-bond acceptors (Lipinski definition) is 7. The first-order valence-electron chi connectivity index (χ1n) is 9.42. The topological polar surface area (TPSA) is 84.4 Å². The minimum Gasteiger partial charge on any atom is -0.399 e. The van der Waals surface area contributed by atoms with Crippen LogP contribution in [0.2, 0.25) is 5.02 Å². The lowest BCUT2D eigenvalue weighted by molar-refractivity contribution is 0.0738. The van der Waals surface area contributed by atoms with Gasteiger partial charge in [-0.25, -0.2) is 14.8 Å². The highest BCUT2D eigenvalue weighted by Crippen LogP contribution is 2.36. The average molecular weight is 471 g/mol. The number of anilines is 1. The zero-order valence-corrected chi connectivity index (χ0v) is 18.4. The molecule has 0 bridgehead atoms. The molecule has 10 heteroatoms. The van der Waals surface area contributed by atoms with E-state index in [0.29, 0.717) is 34.5 Å². The van der Waals surface area contributed by atoms with Crippen molar-refractivity contribution in [3.8, 4) is 5.06 Å². The zero-order valence-electron chi connectivity index (χ0n) is 16.0. The van der Waals surface area contributed by atoms with Gasteiger partial charge in [0.05, 0.1) is 10.7 Å². The summed E-state index contributed by atoms with van der Waals surface area (Å²) in [6.07, 6.45) is 1.55. The summed E-state index contributed by atoms with van der Waals surface area (Å²) >= 11 is 9.20. The summed E-state index contributed by atoms with van der Waals surface area (Å²) in [5, 5.41) is 6.24. The van der Waals surface area contributed by atoms with E-state index < -0.39 is 6.09 Å². The van der Waals surface area contributed by atoms with E-state index in [1.807, 2.05) is 29.6 Å². The van der Waals surface area contributed by atoms with Gasteiger partial charge in [-0.15, -0.1) is 22.7 Å². The molecule has 1 aliphatic heterocycles. The third-order valence-electron chi connectivity index (χ3n) is 4.85. The number of fused-ring (bicyclic) bond motifs is 2. The van der Waals surface area contributed by atoms with Gasteiger partial charge >= 0.3 is 6.09 Å². The van der Waals surface area contributed by atoms with E-state index in [0.717, 1.165) is 21.3 Å². The highest BCUT2D eigenvalue weighted by molar-refractivity contribution is 7.21. The Hall–Kier alpha value is -3.01. The number of benzene rings is 1. The molecular formula is C21H15ClN4O3S2. The van der Waals surface area contributed by atoms with Gasteiger partial charge in [0.1, 0.15) is 4.88 Å². The third-order valence-corrected chi connectivity index (χ3v) is 7.26. The van der Waals surface area contributed by atoms with Crippen LogP contribution < -0.4 is 10.1 Å². The van der Waals surface area contributed by atoms with Gasteiger partial charge in [-0.05, 0) is 23.6 Å². The van der Waals surface area contributed by atoms with Crippen LogP contribution in [0, 0.1) is 0 Å². The minimum atomic E-state index is -0.644. The fraction of sp³-hybridized carbons (Fsp3) is 0.143. The van der Waals surface area contributed by atoms with Crippen LogP contribution in [0.4, 0.5) is 10.7 Å². The number of carbonyl (C=O) groups is 2. The molecule has 0 fully saturated rings. The second-order valence-corrected chi connectivity index (χ2v) is 9.17. The SMILES string of the molecule is O=C(Nc1ncc2c(n1)CCN(C(=O)c1sc3ccccc3c1Cl)C2)Oc1cccs1. The highest BCUT2D eigenvalue weighted by Gasteiger charge is 2.27. The van der Waals surface area contributed by atoms with Crippen LogP contribution in [-0.2, 0) is 13.0 Å². The summed E-state index contributed by atoms with van der Waals surface area (Å²) in [6.45, 7) is 0.894. The lowest BCUT2D eigenvalue weighted by atomic mass is 10.1. The maximum atomic E-state index is 13.1. The average Bonchev–Trinajstić information content (AvgIpc) is 3.41. The van der Waals surface area contributed by atoms with Crippen LogP contribution in [-0.4, -0.2) is 33.4 Å². The molecule has 0 aliphatic carbocycles. The van der Waals surface area contributed by atoms with E-state index in [1.54, 1.807) is 23.2 Å². The Morgan fingerprint density at radius 1 is 1.19 bits per heavy atom. The van der Waals surface area contributed by atoms with E-state index in [9.17, 15) is 9.59 Å². The first-order chi connectivity index (χ1) is 15.1. The monoisotopic (exact) mass is 470 g/mol. The molecule has 0 unspecified atom stereocenters. The molecular weight excluding hydrogens is 456 g/mol. The molecule has 5 rings (SSSR count). The van der Waals surface area contributed by atoms with Crippen LogP contribution >= 0.6 is 34.3 Å². The lowest BCUT2D eigenvalue weighted by Gasteiger charge is -2.27. The Kier molecular flexibility index (Phi) is 5.31. The molecule has 1 N–H and O–H groups in total. The van der Waals surface area contributed by atoms with Gasteiger partial charge in [-0.1, -0.05) is 29.8 Å². The number of nitrogens with one attached hydrogen (secondary N) is 1. The number of carbonyl (C=O) groups excluding carboxylic acids is 2. The van der Waals surface area contributed by atoms with Crippen molar-refractivity contribution >= 4 is 62.3 Å². The Bertz CT molecular complexity index is 1290. The fourth-order valence-electron chi connectivity index (χ4n) is 3.37. The number of ether oxygens (including phenoxy) is 1. The predicted octanol–water partition coefficient (Wildman–Crippen LogP) is 5.22. The van der Waals surface area contributed by atoms with Gasteiger partial charge in [-0.3, -0.25) is 10.1 Å². The smallest absolute Gasteiger partial charge is 0.399 e. The molecule has 7 nitrogen and oxygen atoms in total. The summed E-state index contributed by atoms with van der Waals surface area (Å²) in [4.78, 5) is 36.0. The van der Waals surface area contributed by atoms with Crippen molar-refractivity contribution in [3.63, 3.8) is 0 Å². The molecule has 3 aromatic heterocycles. The van der Waals surface area contributed by atoms with Gasteiger partial charge in [-0.2, -0.15) is 0 Å². The number of aromatic nitrogens is 2. The van der Waals surface area contributed by atoms with Crippen molar-refractivity contribution in [3.05, 3.63) is 69.1 Å². The standard InChI is InChI=1S/C21H15ClN4O3S2/c22-17-13-4-1-2-5-15(13)31-18(17)19(27)26-8-7-14-12(11-26)10-23-20(24-14)25-21(28)29-16-6-3-9-30-16/h1-6,9-10H,7-8,11H2,(H,23,24,25,28). The second-order valence-electron chi connectivity index (χ2n) is 6.83. The lowest BCUT2D eigenvalue weighted by Crippen LogP contribution is -2.36. The summed E-state index contributed by atoms with van der Waals surface area (Å²) in [7, 11) is 0. The summed E-state index contributed by atoms with van der Waals surface area (Å²) in [6, 6.07) is 11.2. The molecule has 156 valence electrons. The van der Waals surface area contributed by atoms with Crippen molar-refractivity contribution < 1.29 is 14.3 Å². The van der Waals surface area contributed by atoms with Gasteiger partial charge in [0, 0.05) is 41.4 Å². The van der Waals surface area contributed by atoms with Crippen LogP contribution in [0.1, 0.15) is 20.9 Å². The normalized spacial score (nSPS) is 13.1. The molecule has 1 aliphatic rings. The highest BCUT2D eigenvalue weighted by atomic mass is 35.5. The van der Waals surface area contributed by atoms with E-state index in [-0.39, 0.29) is 11.9 Å². The molecule has 0 spiro atoms. The van der Waals surface area contributed by atoms with E-state index >= 15 is 0 Å². The molecule has 0 radical (unpaired) electrons. The Morgan fingerprint density at radius 3 is 2.87 bits per heavy atom. The molecule has 0 saturated carbocycles. The maximum absolute atomic E-state index is 13.1. The van der Waals surface area contributed by atoms with Crippen molar-refractivity contribution in [2.24, 2.45) is 0 Å². The molecule has 4 aromatic rings. The molecule has 0 saturated heterocycles.